The predicted molar refractivity (Wildman–Crippen MR) is 99.0 cm³/mol. The van der Waals surface area contributed by atoms with Crippen LogP contribution < -0.4 is 10.1 Å². The lowest BCUT2D eigenvalue weighted by Crippen LogP contribution is -2.15. The zero-order valence-corrected chi connectivity index (χ0v) is 15.5. The Morgan fingerprint density at radius 2 is 1.86 bits per heavy atom. The molecule has 1 aromatic carbocycles. The molecule has 0 aliphatic carbocycles. The number of pyridine rings is 1. The van der Waals surface area contributed by atoms with Gasteiger partial charge in [-0.25, -0.2) is 4.98 Å². The summed E-state index contributed by atoms with van der Waals surface area (Å²) in [6.07, 6.45) is -2.99. The van der Waals surface area contributed by atoms with Gasteiger partial charge in [0.05, 0.1) is 23.9 Å². The Hall–Kier alpha value is -3.29. The number of nitrogens with one attached hydrogen (secondary N) is 1. The summed E-state index contributed by atoms with van der Waals surface area (Å²) in [6.45, 7) is 3.26. The van der Waals surface area contributed by atoms with Crippen LogP contribution in [0, 0.1) is 13.8 Å². The molecule has 2 aromatic heterocycles. The van der Waals surface area contributed by atoms with E-state index in [1.165, 1.54) is 36.1 Å². The number of methoxy groups -OCH3 is 1. The Morgan fingerprint density at radius 3 is 2.54 bits per heavy atom. The maximum absolute atomic E-state index is 13.4. The first kappa shape index (κ1) is 19.5. The number of carbonyl (C=O) groups excluding carboxylic acids is 1. The van der Waals surface area contributed by atoms with E-state index in [1.54, 1.807) is 32.0 Å². The third-order valence-corrected chi connectivity index (χ3v) is 4.34. The van der Waals surface area contributed by atoms with E-state index < -0.39 is 17.6 Å². The first-order valence-corrected chi connectivity index (χ1v) is 8.40. The molecule has 0 radical (unpaired) electrons. The number of anilines is 1. The Bertz CT molecular complexity index is 1030. The molecule has 0 aliphatic heterocycles. The van der Waals surface area contributed by atoms with Crippen molar-refractivity contribution in [3.63, 3.8) is 0 Å². The lowest BCUT2D eigenvalue weighted by molar-refractivity contribution is -0.137. The van der Waals surface area contributed by atoms with Crippen LogP contribution >= 0.6 is 0 Å². The van der Waals surface area contributed by atoms with E-state index in [4.69, 9.17) is 4.74 Å². The standard InChI is InChI=1S/C20H18F3N3O2/c1-12-11-14(18(27)25-16-8-6-10-24-19(16)28-3)13(2)26(12)17-9-5-4-7-15(17)20(21,22)23/h4-11H,1-3H3,(H,25,27). The highest BCUT2D eigenvalue weighted by Crippen LogP contribution is 2.35. The van der Waals surface area contributed by atoms with Crippen LogP contribution in [-0.4, -0.2) is 22.6 Å². The Labute approximate surface area is 159 Å². The van der Waals surface area contributed by atoms with E-state index in [0.29, 0.717) is 17.1 Å². The van der Waals surface area contributed by atoms with E-state index in [1.807, 2.05) is 0 Å². The van der Waals surface area contributed by atoms with Gasteiger partial charge in [0.25, 0.3) is 5.91 Å². The van der Waals surface area contributed by atoms with Gasteiger partial charge in [-0.3, -0.25) is 4.79 Å². The van der Waals surface area contributed by atoms with Crippen molar-refractivity contribution in [2.45, 2.75) is 20.0 Å². The van der Waals surface area contributed by atoms with Crippen LogP contribution in [0.3, 0.4) is 0 Å². The SMILES string of the molecule is COc1ncccc1NC(=O)c1cc(C)n(-c2ccccc2C(F)(F)F)c1C. The van der Waals surface area contributed by atoms with Crippen molar-refractivity contribution in [1.29, 1.82) is 0 Å². The van der Waals surface area contributed by atoms with Crippen LogP contribution in [0.25, 0.3) is 5.69 Å². The van der Waals surface area contributed by atoms with Gasteiger partial charge < -0.3 is 14.6 Å². The fourth-order valence-electron chi connectivity index (χ4n) is 3.11. The zero-order chi connectivity index (χ0) is 20.5. The lowest BCUT2D eigenvalue weighted by Gasteiger charge is -2.17. The maximum Gasteiger partial charge on any atom is 0.418 e. The van der Waals surface area contributed by atoms with Crippen LogP contribution in [0.15, 0.2) is 48.7 Å². The number of aryl methyl sites for hydroxylation is 1. The second-order valence-corrected chi connectivity index (χ2v) is 6.15. The monoisotopic (exact) mass is 389 g/mol. The molecule has 8 heteroatoms. The van der Waals surface area contributed by atoms with E-state index in [0.717, 1.165) is 6.07 Å². The van der Waals surface area contributed by atoms with Crippen LogP contribution in [0.2, 0.25) is 0 Å². The molecule has 0 bridgehead atoms. The molecule has 0 fully saturated rings. The van der Waals surface area contributed by atoms with Crippen LogP contribution in [0.5, 0.6) is 5.88 Å². The fourth-order valence-corrected chi connectivity index (χ4v) is 3.11. The molecular formula is C20H18F3N3O2. The molecule has 28 heavy (non-hydrogen) atoms. The molecule has 0 atom stereocenters. The van der Waals surface area contributed by atoms with Gasteiger partial charge in [0.2, 0.25) is 5.88 Å². The van der Waals surface area contributed by atoms with E-state index in [-0.39, 0.29) is 17.1 Å². The number of alkyl halides is 3. The van der Waals surface area contributed by atoms with Gasteiger partial charge in [-0.2, -0.15) is 13.2 Å². The summed E-state index contributed by atoms with van der Waals surface area (Å²) in [5.74, 6) is -0.220. The van der Waals surface area contributed by atoms with Crippen LogP contribution in [0.4, 0.5) is 18.9 Å². The average Bonchev–Trinajstić information content (AvgIpc) is 2.95. The largest absolute Gasteiger partial charge is 0.480 e. The summed E-state index contributed by atoms with van der Waals surface area (Å²) in [4.78, 5) is 16.8. The average molecular weight is 389 g/mol. The molecule has 0 unspecified atom stereocenters. The minimum absolute atomic E-state index is 0.0250. The number of para-hydroxylation sites is 1. The molecule has 0 spiro atoms. The van der Waals surface area contributed by atoms with Gasteiger partial charge in [-0.05, 0) is 44.2 Å². The van der Waals surface area contributed by atoms with Gasteiger partial charge >= 0.3 is 6.18 Å². The summed E-state index contributed by atoms with van der Waals surface area (Å²) in [5.41, 5.74) is 0.753. The van der Waals surface area contributed by atoms with Gasteiger partial charge in [-0.15, -0.1) is 0 Å². The number of halogens is 3. The molecule has 5 nitrogen and oxygen atoms in total. The zero-order valence-electron chi connectivity index (χ0n) is 15.5. The molecule has 0 saturated carbocycles. The smallest absolute Gasteiger partial charge is 0.418 e. The Kier molecular flexibility index (Phi) is 5.13. The van der Waals surface area contributed by atoms with E-state index in [2.05, 4.69) is 10.3 Å². The van der Waals surface area contributed by atoms with Gasteiger partial charge in [0, 0.05) is 17.6 Å². The summed E-state index contributed by atoms with van der Waals surface area (Å²) >= 11 is 0. The van der Waals surface area contributed by atoms with Crippen molar-refractivity contribution in [2.24, 2.45) is 0 Å². The van der Waals surface area contributed by atoms with Crippen molar-refractivity contribution < 1.29 is 22.7 Å². The van der Waals surface area contributed by atoms with Crippen LogP contribution in [0.1, 0.15) is 27.3 Å². The summed E-state index contributed by atoms with van der Waals surface area (Å²) in [5, 5.41) is 2.69. The van der Waals surface area contributed by atoms with Crippen molar-refractivity contribution in [2.75, 3.05) is 12.4 Å². The molecule has 1 amide bonds. The number of hydrogen-bond donors (Lipinski definition) is 1. The van der Waals surface area contributed by atoms with E-state index >= 15 is 0 Å². The molecule has 3 aromatic rings. The van der Waals surface area contributed by atoms with Crippen molar-refractivity contribution in [3.05, 3.63) is 71.2 Å². The molecule has 146 valence electrons. The quantitative estimate of drug-likeness (QED) is 0.699. The molecular weight excluding hydrogens is 371 g/mol. The summed E-state index contributed by atoms with van der Waals surface area (Å²) < 4.78 is 46.8. The van der Waals surface area contributed by atoms with Crippen molar-refractivity contribution >= 4 is 11.6 Å². The molecule has 0 aliphatic rings. The summed E-state index contributed by atoms with van der Waals surface area (Å²) in [7, 11) is 1.43. The highest BCUT2D eigenvalue weighted by atomic mass is 19.4. The highest BCUT2D eigenvalue weighted by molar-refractivity contribution is 6.06. The Morgan fingerprint density at radius 1 is 1.14 bits per heavy atom. The second kappa shape index (κ2) is 7.38. The van der Waals surface area contributed by atoms with Gasteiger partial charge in [0.15, 0.2) is 0 Å². The molecule has 3 rings (SSSR count). The predicted octanol–water partition coefficient (Wildman–Crippen LogP) is 4.77. The minimum Gasteiger partial charge on any atom is -0.480 e. The number of benzene rings is 1. The highest BCUT2D eigenvalue weighted by Gasteiger charge is 2.34. The molecule has 1 N–H and O–H groups in total. The van der Waals surface area contributed by atoms with Crippen molar-refractivity contribution in [1.82, 2.24) is 9.55 Å². The fraction of sp³-hybridized carbons (Fsp3) is 0.200. The Balaban J connectivity index is 2.03. The third kappa shape index (κ3) is 3.58. The summed E-state index contributed by atoms with van der Waals surface area (Å²) in [6, 6.07) is 10.1. The molecule has 0 saturated heterocycles. The first-order valence-electron chi connectivity index (χ1n) is 8.40. The van der Waals surface area contributed by atoms with Crippen molar-refractivity contribution in [3.8, 4) is 11.6 Å². The number of carbonyl (C=O) groups is 1. The second-order valence-electron chi connectivity index (χ2n) is 6.15. The normalized spacial score (nSPS) is 11.4. The number of nitrogens with zero attached hydrogens (tertiary/aromatic N) is 2. The lowest BCUT2D eigenvalue weighted by atomic mass is 10.1. The number of rotatable bonds is 4. The van der Waals surface area contributed by atoms with E-state index in [9.17, 15) is 18.0 Å². The third-order valence-electron chi connectivity index (χ3n) is 4.34. The number of ether oxygens (including phenoxy) is 1. The number of hydrogen-bond acceptors (Lipinski definition) is 3. The number of aromatic nitrogens is 2. The van der Waals surface area contributed by atoms with Gasteiger partial charge in [-0.1, -0.05) is 12.1 Å². The van der Waals surface area contributed by atoms with Gasteiger partial charge in [0.1, 0.15) is 5.69 Å². The maximum atomic E-state index is 13.4. The number of amides is 1. The topological polar surface area (TPSA) is 56.1 Å². The molecule has 2 heterocycles. The first-order chi connectivity index (χ1) is 13.2. The van der Waals surface area contributed by atoms with Crippen LogP contribution in [-0.2, 0) is 6.18 Å². The minimum atomic E-state index is -4.51.